The summed E-state index contributed by atoms with van der Waals surface area (Å²) in [5.41, 5.74) is 6.17. The van der Waals surface area contributed by atoms with Gasteiger partial charge in [-0.25, -0.2) is 4.79 Å². The molecule has 1 aliphatic carbocycles. The predicted octanol–water partition coefficient (Wildman–Crippen LogP) is 7.52. The molecule has 1 aromatic carbocycles. The minimum atomic E-state index is -0.900. The number of hydrogen-bond donors (Lipinski definition) is 1. The highest BCUT2D eigenvalue weighted by Gasteiger charge is 2.37. The van der Waals surface area contributed by atoms with E-state index in [-0.39, 0.29) is 20.7 Å². The number of methoxy groups -OCH3 is 1. The maximum absolute atomic E-state index is 12.2. The SMILES string of the molecule is C=Ic1c(C2=C/C/C(CN3CCC(CN(C=O)C4=CC=C(C(=O)O)CC4)(OC)CC3)=C\N(C(C)C)C(CC)/C=C\2)ccc(I)c1C. The quantitative estimate of drug-likeness (QED) is 0.174. The van der Waals surface area contributed by atoms with E-state index in [9.17, 15) is 14.7 Å². The van der Waals surface area contributed by atoms with E-state index in [2.05, 4.69) is 101 Å². The van der Waals surface area contributed by atoms with Gasteiger partial charge in [0.1, 0.15) is 0 Å². The van der Waals surface area contributed by atoms with Crippen LogP contribution in [-0.4, -0.2) is 87.7 Å². The summed E-state index contributed by atoms with van der Waals surface area (Å²) >= 11 is 2.12. The summed E-state index contributed by atoms with van der Waals surface area (Å²) in [6.07, 6.45) is 18.3. The number of allylic oxidation sites excluding steroid dienone is 6. The van der Waals surface area contributed by atoms with Gasteiger partial charge in [-0.2, -0.15) is 0 Å². The number of hydrogen-bond acceptors (Lipinski definition) is 5. The van der Waals surface area contributed by atoms with Gasteiger partial charge in [-0.05, 0) is 116 Å². The fourth-order valence-electron chi connectivity index (χ4n) is 6.62. The molecule has 0 aromatic heterocycles. The van der Waals surface area contributed by atoms with E-state index < -0.39 is 11.6 Å². The van der Waals surface area contributed by atoms with Gasteiger partial charge in [0.2, 0.25) is 6.41 Å². The van der Waals surface area contributed by atoms with Crippen molar-refractivity contribution in [2.24, 2.45) is 0 Å². The van der Waals surface area contributed by atoms with Crippen LogP contribution in [0.3, 0.4) is 0 Å². The molecule has 250 valence electrons. The molecule has 1 unspecified atom stereocenters. The maximum atomic E-state index is 12.2. The largest absolute Gasteiger partial charge is 0.478 e. The Morgan fingerprint density at radius 3 is 2.57 bits per heavy atom. The molecule has 0 radical (unpaired) electrons. The van der Waals surface area contributed by atoms with Gasteiger partial charge in [0.25, 0.3) is 0 Å². The first kappa shape index (κ1) is 36.7. The van der Waals surface area contributed by atoms with Crippen molar-refractivity contribution in [1.29, 1.82) is 0 Å². The first-order chi connectivity index (χ1) is 22.0. The number of piperidine rings is 1. The lowest BCUT2D eigenvalue weighted by molar-refractivity contribution is -0.132. The van der Waals surface area contributed by atoms with Crippen molar-refractivity contribution < 1.29 is 19.4 Å². The van der Waals surface area contributed by atoms with Gasteiger partial charge in [0.15, 0.2) is 0 Å². The lowest BCUT2D eigenvalue weighted by atomic mass is 9.89. The first-order valence-electron chi connectivity index (χ1n) is 16.2. The second-order valence-electron chi connectivity index (χ2n) is 12.7. The van der Waals surface area contributed by atoms with Crippen molar-refractivity contribution in [3.8, 4) is 0 Å². The van der Waals surface area contributed by atoms with E-state index in [1.165, 1.54) is 29.4 Å². The molecule has 1 fully saturated rings. The highest BCUT2D eigenvalue weighted by Crippen LogP contribution is 2.34. The Balaban J connectivity index is 1.53. The summed E-state index contributed by atoms with van der Waals surface area (Å²) in [5, 5.41) is 9.30. The molecule has 3 aliphatic rings. The number of aliphatic carboxylic acids is 1. The van der Waals surface area contributed by atoms with E-state index in [0.29, 0.717) is 37.0 Å². The van der Waals surface area contributed by atoms with E-state index in [0.717, 1.165) is 57.4 Å². The van der Waals surface area contributed by atoms with Crippen LogP contribution in [0.4, 0.5) is 0 Å². The summed E-state index contributed by atoms with van der Waals surface area (Å²) in [5.74, 6) is -0.900. The molecule has 46 heavy (non-hydrogen) atoms. The number of ether oxygens (including phenoxy) is 1. The van der Waals surface area contributed by atoms with Gasteiger partial charge >= 0.3 is 5.97 Å². The summed E-state index contributed by atoms with van der Waals surface area (Å²) in [7, 11) is 1.75. The zero-order chi connectivity index (χ0) is 33.4. The molecule has 1 aromatic rings. The topological polar surface area (TPSA) is 73.3 Å². The Labute approximate surface area is 299 Å². The number of carboxylic acid groups (broad SMARTS) is 1. The van der Waals surface area contributed by atoms with Gasteiger partial charge < -0.3 is 19.6 Å². The van der Waals surface area contributed by atoms with Crippen molar-refractivity contribution in [2.45, 2.75) is 83.9 Å². The average molecular weight is 854 g/mol. The van der Waals surface area contributed by atoms with Crippen LogP contribution in [0.5, 0.6) is 0 Å². The molecule has 4 rings (SSSR count). The molecule has 2 heterocycles. The lowest BCUT2D eigenvalue weighted by Crippen LogP contribution is -2.52. The Morgan fingerprint density at radius 2 is 2.00 bits per heavy atom. The first-order valence-corrected chi connectivity index (χ1v) is 19.9. The van der Waals surface area contributed by atoms with Crippen molar-refractivity contribution in [2.75, 3.05) is 33.3 Å². The Bertz CT molecular complexity index is 1450. The normalized spacial score (nSPS) is 23.5. The van der Waals surface area contributed by atoms with E-state index in [1.54, 1.807) is 24.2 Å². The third-order valence-corrected chi connectivity index (χ3v) is 12.9. The molecule has 0 bridgehead atoms. The summed E-state index contributed by atoms with van der Waals surface area (Å²) in [6, 6.07) is 5.21. The van der Waals surface area contributed by atoms with Gasteiger partial charge in [0, 0.05) is 63.4 Å². The van der Waals surface area contributed by atoms with Crippen LogP contribution in [0.2, 0.25) is 0 Å². The summed E-state index contributed by atoms with van der Waals surface area (Å²) in [6.45, 7) is 12.2. The van der Waals surface area contributed by atoms with Crippen LogP contribution in [0, 0.1) is 14.1 Å². The standard InChI is InChI=1S/C37H49I2N3O4/c1-7-31-13-10-29(33-16-17-34(38)27(4)35(33)39-5)9-8-28(23-42(31)26(2)3)22-40-20-18-37(46-6,19-21-40)24-41(25-43)32-14-11-30(12-15-32)36(44)45/h9-11,13-14,16-17,23,25-26,31H,5,7-8,12,15,18-22,24H2,1-4,6H3,(H,44,45)/b13-10-,28-23+,29-9+. The maximum Gasteiger partial charge on any atom is 0.331 e. The number of amides is 1. The number of carboxylic acids is 1. The molecule has 2 aliphatic heterocycles. The number of nitrogens with zero attached hydrogens (tertiary/aromatic N) is 3. The molecule has 0 saturated carbocycles. The molecule has 1 amide bonds. The highest BCUT2D eigenvalue weighted by molar-refractivity contribution is 14.2. The summed E-state index contributed by atoms with van der Waals surface area (Å²) < 4.78 is 13.2. The predicted molar refractivity (Wildman–Crippen MR) is 206 cm³/mol. The van der Waals surface area contributed by atoms with Crippen LogP contribution < -0.4 is 0 Å². The fourth-order valence-corrected chi connectivity index (χ4v) is 9.35. The number of benzene rings is 1. The molecular formula is C37H49I2N3O4. The third-order valence-electron chi connectivity index (χ3n) is 9.56. The number of likely N-dealkylation sites (tertiary alicyclic amines) is 1. The highest BCUT2D eigenvalue weighted by atomic mass is 127. The van der Waals surface area contributed by atoms with Gasteiger partial charge in [-0.1, -0.05) is 62.5 Å². The number of carbonyl (C=O) groups is 2. The zero-order valence-corrected chi connectivity index (χ0v) is 32.2. The van der Waals surface area contributed by atoms with Crippen LogP contribution in [0.15, 0.2) is 65.6 Å². The van der Waals surface area contributed by atoms with Crippen molar-refractivity contribution in [3.63, 3.8) is 0 Å². The van der Waals surface area contributed by atoms with Crippen LogP contribution in [0.25, 0.3) is 5.57 Å². The van der Waals surface area contributed by atoms with Crippen molar-refractivity contribution >= 4 is 65.8 Å². The lowest BCUT2D eigenvalue weighted by Gasteiger charge is -2.43. The Kier molecular flexibility index (Phi) is 13.4. The van der Waals surface area contributed by atoms with Gasteiger partial charge in [-0.15, -0.1) is 0 Å². The zero-order valence-electron chi connectivity index (χ0n) is 27.9. The summed E-state index contributed by atoms with van der Waals surface area (Å²) in [4.78, 5) is 30.3. The molecule has 9 heteroatoms. The molecule has 1 N–H and O–H groups in total. The average Bonchev–Trinajstić information content (AvgIpc) is 3.15. The minimum Gasteiger partial charge on any atom is -0.478 e. The van der Waals surface area contributed by atoms with E-state index in [1.807, 2.05) is 0 Å². The van der Waals surface area contributed by atoms with Crippen molar-refractivity contribution in [1.82, 2.24) is 14.7 Å². The van der Waals surface area contributed by atoms with Gasteiger partial charge in [0.05, 0.1) is 12.1 Å². The van der Waals surface area contributed by atoms with E-state index in [4.69, 9.17) is 4.74 Å². The Hall–Kier alpha value is -2.09. The van der Waals surface area contributed by atoms with Crippen molar-refractivity contribution in [3.05, 3.63) is 83.8 Å². The smallest absolute Gasteiger partial charge is 0.331 e. The number of carbonyl (C=O) groups excluding carboxylic acids is 1. The molecule has 7 nitrogen and oxygen atoms in total. The monoisotopic (exact) mass is 853 g/mol. The number of rotatable bonds is 12. The molecule has 1 atom stereocenters. The minimum absolute atomic E-state index is 0.312. The molecule has 1 saturated heterocycles. The molecule has 0 spiro atoms. The second-order valence-corrected chi connectivity index (χ2v) is 15.7. The molecular weight excluding hydrogens is 804 g/mol. The Morgan fingerprint density at radius 1 is 1.26 bits per heavy atom. The van der Waals surface area contributed by atoms with Gasteiger partial charge in [-0.3, -0.25) is 9.69 Å². The number of halogens is 2. The van der Waals surface area contributed by atoms with Crippen LogP contribution in [0.1, 0.15) is 70.4 Å². The van der Waals surface area contributed by atoms with Crippen LogP contribution in [-0.2, 0) is 14.3 Å². The third kappa shape index (κ3) is 8.87. The van der Waals surface area contributed by atoms with Crippen LogP contribution >= 0.6 is 43.3 Å². The second kappa shape index (κ2) is 16.8. The van der Waals surface area contributed by atoms with E-state index >= 15 is 0 Å². The fraction of sp³-hybridized carbons (Fsp3) is 0.486.